The van der Waals surface area contributed by atoms with Gasteiger partial charge in [-0.25, -0.2) is 4.79 Å². The number of carbonyl (C=O) groups excluding carboxylic acids is 1. The molecule has 1 heterocycles. The lowest BCUT2D eigenvalue weighted by Crippen LogP contribution is -2.40. The molecule has 1 saturated heterocycles. The van der Waals surface area contributed by atoms with E-state index in [2.05, 4.69) is 5.32 Å². The van der Waals surface area contributed by atoms with Crippen LogP contribution < -0.4 is 5.32 Å². The van der Waals surface area contributed by atoms with Gasteiger partial charge in [0.05, 0.1) is 6.10 Å². The van der Waals surface area contributed by atoms with E-state index < -0.39 is 18.1 Å². The number of hydrogen-bond acceptors (Lipinski definition) is 3. The molecule has 0 spiro atoms. The Labute approximate surface area is 117 Å². The first kappa shape index (κ1) is 14.5. The van der Waals surface area contributed by atoms with Gasteiger partial charge in [0.2, 0.25) is 5.91 Å². The van der Waals surface area contributed by atoms with E-state index in [0.29, 0.717) is 12.0 Å². The summed E-state index contributed by atoms with van der Waals surface area (Å²) in [5.41, 5.74) is 0.554. The van der Waals surface area contributed by atoms with Crippen molar-refractivity contribution in [1.82, 2.24) is 5.32 Å². The zero-order valence-electron chi connectivity index (χ0n) is 11.4. The maximum atomic E-state index is 12.1. The maximum Gasteiger partial charge on any atom is 0.330 e. The smallest absolute Gasteiger partial charge is 0.330 e. The van der Waals surface area contributed by atoms with Crippen LogP contribution in [0.3, 0.4) is 0 Å². The molecule has 1 amide bonds. The van der Waals surface area contributed by atoms with E-state index >= 15 is 0 Å². The van der Waals surface area contributed by atoms with Crippen molar-refractivity contribution in [2.24, 2.45) is 0 Å². The lowest BCUT2D eigenvalue weighted by molar-refractivity contribution is -0.144. The summed E-state index contributed by atoms with van der Waals surface area (Å²) in [6, 6.07) is 7.63. The zero-order valence-corrected chi connectivity index (χ0v) is 11.4. The van der Waals surface area contributed by atoms with Crippen molar-refractivity contribution < 1.29 is 19.4 Å². The number of amides is 1. The second-order valence-electron chi connectivity index (χ2n) is 4.92. The van der Waals surface area contributed by atoms with Crippen molar-refractivity contribution in [3.63, 3.8) is 0 Å². The molecule has 0 radical (unpaired) electrons. The van der Waals surface area contributed by atoms with Crippen molar-refractivity contribution in [2.75, 3.05) is 0 Å². The van der Waals surface area contributed by atoms with Crippen molar-refractivity contribution in [1.29, 1.82) is 0 Å². The van der Waals surface area contributed by atoms with Crippen LogP contribution >= 0.6 is 0 Å². The number of carboxylic acids is 1. The van der Waals surface area contributed by atoms with E-state index in [4.69, 9.17) is 4.74 Å². The monoisotopic (exact) mass is 277 g/mol. The van der Waals surface area contributed by atoms with Crippen LogP contribution in [0.5, 0.6) is 0 Å². The van der Waals surface area contributed by atoms with E-state index in [1.54, 1.807) is 30.3 Å². The second kappa shape index (κ2) is 6.52. The van der Waals surface area contributed by atoms with E-state index in [9.17, 15) is 14.7 Å². The van der Waals surface area contributed by atoms with Crippen LogP contribution in [0.25, 0.3) is 0 Å². The van der Waals surface area contributed by atoms with Crippen LogP contribution in [0, 0.1) is 0 Å². The highest BCUT2D eigenvalue weighted by Crippen LogP contribution is 2.23. The fraction of sp³-hybridized carbons (Fsp3) is 0.467. The molecule has 1 aromatic carbocycles. The summed E-state index contributed by atoms with van der Waals surface area (Å²) in [4.78, 5) is 23.4. The SMILES string of the molecule is CCC1CCC(C(=O)N[C@H](C(=O)O)c2ccccc2)O1. The van der Waals surface area contributed by atoms with Crippen LogP contribution in [0.1, 0.15) is 37.8 Å². The second-order valence-corrected chi connectivity index (χ2v) is 4.92. The average molecular weight is 277 g/mol. The predicted molar refractivity (Wildman–Crippen MR) is 73.1 cm³/mol. The van der Waals surface area contributed by atoms with Gasteiger partial charge in [0.15, 0.2) is 6.04 Å². The van der Waals surface area contributed by atoms with Crippen LogP contribution in [0.15, 0.2) is 30.3 Å². The molecule has 2 N–H and O–H groups in total. The third-order valence-electron chi connectivity index (χ3n) is 3.52. The van der Waals surface area contributed by atoms with Gasteiger partial charge in [-0.05, 0) is 24.8 Å². The maximum absolute atomic E-state index is 12.1. The summed E-state index contributed by atoms with van der Waals surface area (Å²) in [7, 11) is 0. The van der Waals surface area contributed by atoms with Gasteiger partial charge in [0.1, 0.15) is 6.10 Å². The highest BCUT2D eigenvalue weighted by Gasteiger charge is 2.32. The standard InChI is InChI=1S/C15H19NO4/c1-2-11-8-9-12(20-11)14(17)16-13(15(18)19)10-6-4-3-5-7-10/h3-7,11-13H,2,8-9H2,1H3,(H,16,17)(H,18,19)/t11?,12?,13-/m0/s1. The summed E-state index contributed by atoms with van der Waals surface area (Å²) in [5.74, 6) is -1.42. The predicted octanol–water partition coefficient (Wildman–Crippen LogP) is 1.89. The molecule has 1 aliphatic heterocycles. The van der Waals surface area contributed by atoms with E-state index in [1.165, 1.54) is 0 Å². The number of benzene rings is 1. The van der Waals surface area contributed by atoms with Crippen molar-refractivity contribution in [2.45, 2.75) is 44.4 Å². The fourth-order valence-electron chi connectivity index (χ4n) is 2.37. The number of rotatable bonds is 5. The molecule has 2 rings (SSSR count). The average Bonchev–Trinajstić information content (AvgIpc) is 2.94. The van der Waals surface area contributed by atoms with Gasteiger partial charge in [-0.3, -0.25) is 4.79 Å². The molecule has 108 valence electrons. The van der Waals surface area contributed by atoms with Crippen molar-refractivity contribution in [3.05, 3.63) is 35.9 Å². The summed E-state index contributed by atoms with van der Waals surface area (Å²) in [6.45, 7) is 2.01. The Morgan fingerprint density at radius 2 is 2.05 bits per heavy atom. The van der Waals surface area contributed by atoms with Crippen molar-refractivity contribution >= 4 is 11.9 Å². The van der Waals surface area contributed by atoms with Crippen LogP contribution in [-0.2, 0) is 14.3 Å². The minimum atomic E-state index is -1.07. The quantitative estimate of drug-likeness (QED) is 0.861. The molecule has 5 heteroatoms. The summed E-state index contributed by atoms with van der Waals surface area (Å²) < 4.78 is 5.58. The zero-order chi connectivity index (χ0) is 14.5. The Bertz CT molecular complexity index is 474. The largest absolute Gasteiger partial charge is 0.479 e. The third-order valence-corrected chi connectivity index (χ3v) is 3.52. The van der Waals surface area contributed by atoms with E-state index in [-0.39, 0.29) is 12.0 Å². The van der Waals surface area contributed by atoms with Gasteiger partial charge >= 0.3 is 5.97 Å². The lowest BCUT2D eigenvalue weighted by Gasteiger charge is -2.18. The topological polar surface area (TPSA) is 75.6 Å². The summed E-state index contributed by atoms with van der Waals surface area (Å²) >= 11 is 0. The molecule has 1 fully saturated rings. The van der Waals surface area contributed by atoms with Crippen LogP contribution in [0.2, 0.25) is 0 Å². The fourth-order valence-corrected chi connectivity index (χ4v) is 2.37. The summed E-state index contributed by atoms with van der Waals surface area (Å²) in [5, 5.41) is 11.8. The molecule has 1 aliphatic rings. The summed E-state index contributed by atoms with van der Waals surface area (Å²) in [6.07, 6.45) is 1.92. The number of hydrogen-bond donors (Lipinski definition) is 2. The van der Waals surface area contributed by atoms with Crippen molar-refractivity contribution in [3.8, 4) is 0 Å². The third kappa shape index (κ3) is 3.36. The molecule has 0 aliphatic carbocycles. The molecule has 20 heavy (non-hydrogen) atoms. The molecular formula is C15H19NO4. The van der Waals surface area contributed by atoms with Crippen LogP contribution in [0.4, 0.5) is 0 Å². The van der Waals surface area contributed by atoms with Gasteiger partial charge in [-0.15, -0.1) is 0 Å². The number of ether oxygens (including phenoxy) is 1. The molecule has 5 nitrogen and oxygen atoms in total. The molecule has 2 unspecified atom stereocenters. The molecule has 0 saturated carbocycles. The Kier molecular flexibility index (Phi) is 4.74. The number of nitrogens with one attached hydrogen (secondary N) is 1. The highest BCUT2D eigenvalue weighted by atomic mass is 16.5. The van der Waals surface area contributed by atoms with Crippen LogP contribution in [-0.4, -0.2) is 29.2 Å². The first-order valence-corrected chi connectivity index (χ1v) is 6.85. The Morgan fingerprint density at radius 3 is 2.60 bits per heavy atom. The Balaban J connectivity index is 2.02. The minimum Gasteiger partial charge on any atom is -0.479 e. The first-order valence-electron chi connectivity index (χ1n) is 6.85. The Morgan fingerprint density at radius 1 is 1.35 bits per heavy atom. The number of carbonyl (C=O) groups is 2. The number of carboxylic acid groups (broad SMARTS) is 1. The van der Waals surface area contributed by atoms with Gasteiger partial charge in [0.25, 0.3) is 0 Å². The Hall–Kier alpha value is -1.88. The van der Waals surface area contributed by atoms with E-state index in [0.717, 1.165) is 12.8 Å². The minimum absolute atomic E-state index is 0.103. The van der Waals surface area contributed by atoms with Gasteiger partial charge in [-0.2, -0.15) is 0 Å². The van der Waals surface area contributed by atoms with Gasteiger partial charge in [0, 0.05) is 0 Å². The molecular weight excluding hydrogens is 258 g/mol. The molecule has 1 aromatic rings. The first-order chi connectivity index (χ1) is 9.61. The van der Waals surface area contributed by atoms with Gasteiger partial charge in [-0.1, -0.05) is 37.3 Å². The highest BCUT2D eigenvalue weighted by molar-refractivity contribution is 5.87. The number of aliphatic carboxylic acids is 1. The lowest BCUT2D eigenvalue weighted by atomic mass is 10.1. The molecule has 0 aromatic heterocycles. The molecule has 3 atom stereocenters. The van der Waals surface area contributed by atoms with E-state index in [1.807, 2.05) is 6.92 Å². The van der Waals surface area contributed by atoms with Gasteiger partial charge < -0.3 is 15.2 Å². The molecule has 0 bridgehead atoms. The normalized spacial score (nSPS) is 23.2.